The fourth-order valence-corrected chi connectivity index (χ4v) is 3.89. The molecule has 0 N–H and O–H groups in total. The number of nitrogens with zero attached hydrogens (tertiary/aromatic N) is 1. The van der Waals surface area contributed by atoms with Crippen molar-refractivity contribution in [1.82, 2.24) is 0 Å². The van der Waals surface area contributed by atoms with Crippen molar-refractivity contribution in [2.24, 2.45) is 17.8 Å². The van der Waals surface area contributed by atoms with Crippen molar-refractivity contribution in [3.05, 3.63) is 28.5 Å². The van der Waals surface area contributed by atoms with Crippen molar-refractivity contribution in [2.75, 3.05) is 4.90 Å². The Labute approximate surface area is 125 Å². The van der Waals surface area contributed by atoms with Crippen molar-refractivity contribution in [3.8, 4) is 0 Å². The molecule has 1 saturated carbocycles. The lowest BCUT2D eigenvalue weighted by Gasteiger charge is -2.18. The summed E-state index contributed by atoms with van der Waals surface area (Å²) in [4.78, 5) is 26.2. The van der Waals surface area contributed by atoms with Crippen LogP contribution in [-0.4, -0.2) is 11.8 Å². The molecule has 1 heterocycles. The second kappa shape index (κ2) is 4.95. The number of imide groups is 1. The molecule has 2 atom stereocenters. The summed E-state index contributed by atoms with van der Waals surface area (Å²) in [5.41, 5.74) is 0.448. The standard InChI is InChI=1S/C15H15BrFNO2/c1-2-8-5-10-11(6-8)15(20)18(14(10)19)13-4-3-9(17)7-12(13)16/h3-4,7-8,10-11H,2,5-6H2,1H3. The molecule has 1 aliphatic carbocycles. The van der Waals surface area contributed by atoms with E-state index < -0.39 is 5.82 Å². The van der Waals surface area contributed by atoms with Crippen LogP contribution in [0.1, 0.15) is 26.2 Å². The third-order valence-corrected chi connectivity index (χ3v) is 5.10. The van der Waals surface area contributed by atoms with Crippen molar-refractivity contribution in [3.63, 3.8) is 0 Å². The van der Waals surface area contributed by atoms with Crippen LogP contribution < -0.4 is 4.90 Å². The van der Waals surface area contributed by atoms with Crippen LogP contribution in [0.4, 0.5) is 10.1 Å². The minimum atomic E-state index is -0.397. The lowest BCUT2D eigenvalue weighted by atomic mass is 10.00. The Morgan fingerprint density at radius 2 is 1.85 bits per heavy atom. The predicted molar refractivity (Wildman–Crippen MR) is 76.6 cm³/mol. The summed E-state index contributed by atoms with van der Waals surface area (Å²) in [6, 6.07) is 4.02. The Bertz CT molecular complexity index is 565. The second-order valence-corrected chi connectivity index (χ2v) is 6.42. The normalized spacial score (nSPS) is 29.1. The van der Waals surface area contributed by atoms with E-state index in [9.17, 15) is 14.0 Å². The molecule has 2 amide bonds. The minimum Gasteiger partial charge on any atom is -0.274 e. The van der Waals surface area contributed by atoms with Crippen LogP contribution in [0.15, 0.2) is 22.7 Å². The van der Waals surface area contributed by atoms with Gasteiger partial charge in [-0.25, -0.2) is 9.29 Å². The summed E-state index contributed by atoms with van der Waals surface area (Å²) < 4.78 is 13.6. The lowest BCUT2D eigenvalue weighted by molar-refractivity contribution is -0.123. The minimum absolute atomic E-state index is 0.136. The summed E-state index contributed by atoms with van der Waals surface area (Å²) in [6.07, 6.45) is 2.59. The molecule has 0 aromatic heterocycles. The molecular weight excluding hydrogens is 325 g/mol. The number of hydrogen-bond donors (Lipinski definition) is 0. The maximum Gasteiger partial charge on any atom is 0.237 e. The van der Waals surface area contributed by atoms with Crippen LogP contribution in [0.3, 0.4) is 0 Å². The molecule has 0 spiro atoms. The summed E-state index contributed by atoms with van der Waals surface area (Å²) in [6.45, 7) is 2.09. The summed E-state index contributed by atoms with van der Waals surface area (Å²) in [5.74, 6) is -0.581. The number of halogens is 2. The quantitative estimate of drug-likeness (QED) is 0.773. The van der Waals surface area contributed by atoms with E-state index in [1.807, 2.05) is 0 Å². The van der Waals surface area contributed by atoms with Crippen molar-refractivity contribution < 1.29 is 14.0 Å². The molecule has 0 bridgehead atoms. The molecule has 20 heavy (non-hydrogen) atoms. The van der Waals surface area contributed by atoms with Crippen LogP contribution in [-0.2, 0) is 9.59 Å². The molecule has 2 aliphatic rings. The zero-order chi connectivity index (χ0) is 14.4. The zero-order valence-corrected chi connectivity index (χ0v) is 12.7. The molecule has 106 valence electrons. The Balaban J connectivity index is 1.94. The van der Waals surface area contributed by atoms with Crippen molar-refractivity contribution in [1.29, 1.82) is 0 Å². The van der Waals surface area contributed by atoms with Gasteiger partial charge in [-0.05, 0) is 52.9 Å². The van der Waals surface area contributed by atoms with E-state index in [1.165, 1.54) is 23.1 Å². The van der Waals surface area contributed by atoms with Crippen molar-refractivity contribution >= 4 is 33.4 Å². The molecule has 2 fully saturated rings. The summed E-state index contributed by atoms with van der Waals surface area (Å²) in [7, 11) is 0. The topological polar surface area (TPSA) is 37.4 Å². The van der Waals surface area contributed by atoms with Gasteiger partial charge in [0.15, 0.2) is 0 Å². The highest BCUT2D eigenvalue weighted by Gasteiger charge is 2.52. The average molecular weight is 340 g/mol. The van der Waals surface area contributed by atoms with Crippen LogP contribution in [0.2, 0.25) is 0 Å². The average Bonchev–Trinajstić information content (AvgIpc) is 2.93. The molecule has 3 rings (SSSR count). The Morgan fingerprint density at radius 1 is 1.25 bits per heavy atom. The van der Waals surface area contributed by atoms with E-state index in [1.54, 1.807) is 0 Å². The van der Waals surface area contributed by atoms with Crippen molar-refractivity contribution in [2.45, 2.75) is 26.2 Å². The van der Waals surface area contributed by atoms with Gasteiger partial charge in [0.25, 0.3) is 0 Å². The molecule has 1 aromatic rings. The predicted octanol–water partition coefficient (Wildman–Crippen LogP) is 3.51. The van der Waals surface area contributed by atoms with Gasteiger partial charge >= 0.3 is 0 Å². The number of carbonyl (C=O) groups is 2. The summed E-state index contributed by atoms with van der Waals surface area (Å²) in [5, 5.41) is 0. The number of fused-ring (bicyclic) bond motifs is 1. The number of amides is 2. The van der Waals surface area contributed by atoms with E-state index in [2.05, 4.69) is 22.9 Å². The van der Waals surface area contributed by atoms with Gasteiger partial charge in [-0.3, -0.25) is 9.59 Å². The van der Waals surface area contributed by atoms with Gasteiger partial charge in [-0.2, -0.15) is 0 Å². The maximum atomic E-state index is 13.1. The monoisotopic (exact) mass is 339 g/mol. The van der Waals surface area contributed by atoms with Gasteiger partial charge in [-0.1, -0.05) is 13.3 Å². The number of hydrogen-bond acceptors (Lipinski definition) is 2. The first kappa shape index (κ1) is 13.7. The van der Waals surface area contributed by atoms with E-state index >= 15 is 0 Å². The number of benzene rings is 1. The summed E-state index contributed by atoms with van der Waals surface area (Å²) >= 11 is 3.23. The first-order valence-electron chi connectivity index (χ1n) is 6.85. The van der Waals surface area contributed by atoms with Gasteiger partial charge in [0.1, 0.15) is 5.82 Å². The van der Waals surface area contributed by atoms with Crippen LogP contribution in [0.5, 0.6) is 0 Å². The van der Waals surface area contributed by atoms with Gasteiger partial charge < -0.3 is 0 Å². The highest BCUT2D eigenvalue weighted by atomic mass is 79.9. The lowest BCUT2D eigenvalue weighted by Crippen LogP contribution is -2.32. The van der Waals surface area contributed by atoms with Crippen LogP contribution in [0.25, 0.3) is 0 Å². The first-order valence-corrected chi connectivity index (χ1v) is 7.65. The molecular formula is C15H15BrFNO2. The molecule has 5 heteroatoms. The molecule has 3 nitrogen and oxygen atoms in total. The highest BCUT2D eigenvalue weighted by molar-refractivity contribution is 9.10. The molecule has 1 saturated heterocycles. The van der Waals surface area contributed by atoms with E-state index in [0.717, 1.165) is 19.3 Å². The Hall–Kier alpha value is -1.23. The number of anilines is 1. The third kappa shape index (κ3) is 1.99. The molecule has 1 aromatic carbocycles. The number of rotatable bonds is 2. The van der Waals surface area contributed by atoms with Crippen LogP contribution in [0, 0.1) is 23.6 Å². The van der Waals surface area contributed by atoms with Gasteiger partial charge in [0.05, 0.1) is 17.5 Å². The number of carbonyl (C=O) groups excluding carboxylic acids is 2. The molecule has 2 unspecified atom stereocenters. The fourth-order valence-electron chi connectivity index (χ4n) is 3.36. The first-order chi connectivity index (χ1) is 9.52. The molecule has 1 aliphatic heterocycles. The van der Waals surface area contributed by atoms with E-state index in [0.29, 0.717) is 16.1 Å². The fraction of sp³-hybridized carbons (Fsp3) is 0.467. The maximum absolute atomic E-state index is 13.1. The van der Waals surface area contributed by atoms with E-state index in [-0.39, 0.29) is 23.7 Å². The Kier molecular flexibility index (Phi) is 3.40. The van der Waals surface area contributed by atoms with Gasteiger partial charge in [0, 0.05) is 4.47 Å². The smallest absolute Gasteiger partial charge is 0.237 e. The SMILES string of the molecule is CCC1CC2C(=O)N(c3ccc(F)cc3Br)C(=O)C2C1. The highest BCUT2D eigenvalue weighted by Crippen LogP contribution is 2.46. The zero-order valence-electron chi connectivity index (χ0n) is 11.1. The van der Waals surface area contributed by atoms with Gasteiger partial charge in [-0.15, -0.1) is 0 Å². The largest absolute Gasteiger partial charge is 0.274 e. The van der Waals surface area contributed by atoms with Crippen LogP contribution >= 0.6 is 15.9 Å². The Morgan fingerprint density at radius 3 is 2.35 bits per heavy atom. The third-order valence-electron chi connectivity index (χ3n) is 4.46. The van der Waals surface area contributed by atoms with E-state index in [4.69, 9.17) is 0 Å². The second-order valence-electron chi connectivity index (χ2n) is 5.57. The molecule has 0 radical (unpaired) electrons. The van der Waals surface area contributed by atoms with Gasteiger partial charge in [0.2, 0.25) is 11.8 Å².